The molecule has 1 aromatic carbocycles. The lowest BCUT2D eigenvalue weighted by atomic mass is 10.1. The minimum atomic E-state index is -0.0607. The molecule has 2 aliphatic rings. The van der Waals surface area contributed by atoms with Gasteiger partial charge in [-0.05, 0) is 37.8 Å². The Kier molecular flexibility index (Phi) is 6.43. The number of amides is 1. The lowest BCUT2D eigenvalue weighted by Crippen LogP contribution is -2.38. The van der Waals surface area contributed by atoms with Gasteiger partial charge in [-0.3, -0.25) is 9.69 Å². The molecule has 7 nitrogen and oxygen atoms in total. The van der Waals surface area contributed by atoms with Crippen molar-refractivity contribution in [3.63, 3.8) is 0 Å². The molecule has 1 saturated heterocycles. The van der Waals surface area contributed by atoms with Gasteiger partial charge in [-0.25, -0.2) is 4.98 Å². The van der Waals surface area contributed by atoms with Gasteiger partial charge in [0.2, 0.25) is 0 Å². The molecule has 8 heteroatoms. The van der Waals surface area contributed by atoms with Gasteiger partial charge in [0, 0.05) is 56.9 Å². The van der Waals surface area contributed by atoms with Crippen molar-refractivity contribution in [1.29, 1.82) is 0 Å². The molecule has 0 bridgehead atoms. The standard InChI is InChI=1S/C22H30N4O3S/c1-25(2)22-23-13-18(30-22)14-26-10-8-16(9-11-26)29-20-12-17(28-3)6-7-19(20)21(27)24-15-4-5-15/h6-7,12-13,15-16H,4-5,8-11,14H2,1-3H3,(H,24,27). The van der Waals surface area contributed by atoms with Crippen LogP contribution in [0.5, 0.6) is 11.5 Å². The van der Waals surface area contributed by atoms with E-state index in [1.165, 1.54) is 4.88 Å². The summed E-state index contributed by atoms with van der Waals surface area (Å²) in [6.45, 7) is 2.85. The largest absolute Gasteiger partial charge is 0.497 e. The highest BCUT2D eigenvalue weighted by Gasteiger charge is 2.27. The maximum atomic E-state index is 12.6. The van der Waals surface area contributed by atoms with Gasteiger partial charge in [0.15, 0.2) is 5.13 Å². The highest BCUT2D eigenvalue weighted by molar-refractivity contribution is 7.15. The predicted octanol–water partition coefficient (Wildman–Crippen LogP) is 3.15. The lowest BCUT2D eigenvalue weighted by molar-refractivity contribution is 0.0891. The summed E-state index contributed by atoms with van der Waals surface area (Å²) in [5, 5.41) is 4.09. The van der Waals surface area contributed by atoms with E-state index in [0.29, 0.717) is 23.1 Å². The molecule has 1 amide bonds. The maximum absolute atomic E-state index is 12.6. The highest BCUT2D eigenvalue weighted by atomic mass is 32.1. The number of aromatic nitrogens is 1. The van der Waals surface area contributed by atoms with Gasteiger partial charge >= 0.3 is 0 Å². The van der Waals surface area contributed by atoms with Crippen LogP contribution in [-0.2, 0) is 6.54 Å². The second-order valence-electron chi connectivity index (χ2n) is 8.21. The quantitative estimate of drug-likeness (QED) is 0.694. The number of piperidine rings is 1. The molecular weight excluding hydrogens is 400 g/mol. The first-order chi connectivity index (χ1) is 14.5. The zero-order chi connectivity index (χ0) is 21.1. The summed E-state index contributed by atoms with van der Waals surface area (Å²) in [6, 6.07) is 5.76. The van der Waals surface area contributed by atoms with Crippen molar-refractivity contribution in [2.75, 3.05) is 39.2 Å². The molecule has 1 aliphatic carbocycles. The Balaban J connectivity index is 1.35. The van der Waals surface area contributed by atoms with Gasteiger partial charge < -0.3 is 19.7 Å². The molecule has 0 unspecified atom stereocenters. The number of rotatable bonds is 8. The second-order valence-corrected chi connectivity index (χ2v) is 9.30. The van der Waals surface area contributed by atoms with Crippen molar-refractivity contribution in [2.45, 2.75) is 44.4 Å². The minimum absolute atomic E-state index is 0.0607. The van der Waals surface area contributed by atoms with Crippen molar-refractivity contribution < 1.29 is 14.3 Å². The second kappa shape index (κ2) is 9.22. The van der Waals surface area contributed by atoms with Gasteiger partial charge in [0.05, 0.1) is 12.7 Å². The third-order valence-electron chi connectivity index (χ3n) is 5.48. The molecule has 0 radical (unpaired) electrons. The highest BCUT2D eigenvalue weighted by Crippen LogP contribution is 2.30. The maximum Gasteiger partial charge on any atom is 0.255 e. The number of carbonyl (C=O) groups is 1. The van der Waals surface area contributed by atoms with E-state index < -0.39 is 0 Å². The summed E-state index contributed by atoms with van der Waals surface area (Å²) in [5.41, 5.74) is 0.589. The fraction of sp³-hybridized carbons (Fsp3) is 0.545. The molecule has 162 valence electrons. The number of thiazole rings is 1. The summed E-state index contributed by atoms with van der Waals surface area (Å²) in [6.07, 6.45) is 6.06. The first kappa shape index (κ1) is 20.9. The number of likely N-dealkylation sites (tertiary alicyclic amines) is 1. The molecular formula is C22H30N4O3S. The van der Waals surface area contributed by atoms with Crippen LogP contribution in [0.4, 0.5) is 5.13 Å². The van der Waals surface area contributed by atoms with Crippen LogP contribution in [0.15, 0.2) is 24.4 Å². The van der Waals surface area contributed by atoms with Crippen LogP contribution < -0.4 is 19.7 Å². The fourth-order valence-electron chi connectivity index (χ4n) is 3.57. The molecule has 1 aliphatic heterocycles. The Morgan fingerprint density at radius 2 is 2.03 bits per heavy atom. The minimum Gasteiger partial charge on any atom is -0.497 e. The van der Waals surface area contributed by atoms with E-state index in [1.807, 2.05) is 37.3 Å². The molecule has 2 aromatic rings. The Bertz CT molecular complexity index is 873. The average molecular weight is 431 g/mol. The molecule has 0 spiro atoms. The number of benzene rings is 1. The van der Waals surface area contributed by atoms with Gasteiger partial charge in [0.25, 0.3) is 5.91 Å². The van der Waals surface area contributed by atoms with E-state index in [1.54, 1.807) is 24.5 Å². The molecule has 4 rings (SSSR count). The number of carbonyl (C=O) groups excluding carboxylic acids is 1. The molecule has 1 aromatic heterocycles. The number of ether oxygens (including phenoxy) is 2. The number of nitrogens with zero attached hydrogens (tertiary/aromatic N) is 3. The summed E-state index contributed by atoms with van der Waals surface area (Å²) >= 11 is 1.74. The molecule has 30 heavy (non-hydrogen) atoms. The van der Waals surface area contributed by atoms with E-state index in [0.717, 1.165) is 50.4 Å². The van der Waals surface area contributed by atoms with Crippen molar-refractivity contribution in [3.05, 3.63) is 34.8 Å². The molecule has 0 atom stereocenters. The van der Waals surface area contributed by atoms with Gasteiger partial charge in [0.1, 0.15) is 17.6 Å². The molecule has 1 N–H and O–H groups in total. The van der Waals surface area contributed by atoms with Crippen LogP contribution in [0, 0.1) is 0 Å². The predicted molar refractivity (Wildman–Crippen MR) is 119 cm³/mol. The average Bonchev–Trinajstić information content (AvgIpc) is 3.43. The number of hydrogen-bond acceptors (Lipinski definition) is 7. The van der Waals surface area contributed by atoms with Crippen molar-refractivity contribution >= 4 is 22.4 Å². The van der Waals surface area contributed by atoms with E-state index >= 15 is 0 Å². The van der Waals surface area contributed by atoms with Gasteiger partial charge in [-0.15, -0.1) is 11.3 Å². The SMILES string of the molecule is COc1ccc(C(=O)NC2CC2)c(OC2CCN(Cc3cnc(N(C)C)s3)CC2)c1. The summed E-state index contributed by atoms with van der Waals surface area (Å²) in [7, 11) is 5.66. The number of methoxy groups -OCH3 is 1. The monoisotopic (exact) mass is 430 g/mol. The summed E-state index contributed by atoms with van der Waals surface area (Å²) in [5.74, 6) is 1.26. The van der Waals surface area contributed by atoms with E-state index in [4.69, 9.17) is 9.47 Å². The third kappa shape index (κ3) is 5.23. The Morgan fingerprint density at radius 1 is 1.27 bits per heavy atom. The van der Waals surface area contributed by atoms with Gasteiger partial charge in [-0.1, -0.05) is 0 Å². The van der Waals surface area contributed by atoms with Crippen LogP contribution in [0.1, 0.15) is 40.9 Å². The molecule has 2 heterocycles. The summed E-state index contributed by atoms with van der Waals surface area (Å²) < 4.78 is 11.6. The fourth-order valence-corrected chi connectivity index (χ4v) is 4.44. The van der Waals surface area contributed by atoms with Crippen LogP contribution in [-0.4, -0.2) is 62.2 Å². The van der Waals surface area contributed by atoms with Crippen molar-refractivity contribution in [3.8, 4) is 11.5 Å². The van der Waals surface area contributed by atoms with Crippen molar-refractivity contribution in [1.82, 2.24) is 15.2 Å². The smallest absolute Gasteiger partial charge is 0.255 e. The topological polar surface area (TPSA) is 66.9 Å². The Morgan fingerprint density at radius 3 is 2.67 bits per heavy atom. The van der Waals surface area contributed by atoms with E-state index in [9.17, 15) is 4.79 Å². The zero-order valence-corrected chi connectivity index (χ0v) is 18.7. The number of anilines is 1. The molecule has 1 saturated carbocycles. The Hall–Kier alpha value is -2.32. The molecule has 2 fully saturated rings. The van der Waals surface area contributed by atoms with Crippen LogP contribution in [0.25, 0.3) is 0 Å². The zero-order valence-electron chi connectivity index (χ0n) is 17.9. The number of nitrogens with one attached hydrogen (secondary N) is 1. The van der Waals surface area contributed by atoms with E-state index in [2.05, 4.69) is 15.2 Å². The third-order valence-corrected chi connectivity index (χ3v) is 6.63. The van der Waals surface area contributed by atoms with Crippen LogP contribution >= 0.6 is 11.3 Å². The van der Waals surface area contributed by atoms with Crippen molar-refractivity contribution in [2.24, 2.45) is 0 Å². The van der Waals surface area contributed by atoms with Crippen LogP contribution in [0.2, 0.25) is 0 Å². The first-order valence-electron chi connectivity index (χ1n) is 10.5. The number of hydrogen-bond donors (Lipinski definition) is 1. The lowest BCUT2D eigenvalue weighted by Gasteiger charge is -2.32. The first-order valence-corrected chi connectivity index (χ1v) is 11.3. The van der Waals surface area contributed by atoms with E-state index in [-0.39, 0.29) is 12.0 Å². The Labute approximate surface area is 182 Å². The van der Waals surface area contributed by atoms with Crippen LogP contribution in [0.3, 0.4) is 0 Å². The normalized spacial score (nSPS) is 17.6. The summed E-state index contributed by atoms with van der Waals surface area (Å²) in [4.78, 5) is 22.8. The van der Waals surface area contributed by atoms with Gasteiger partial charge in [-0.2, -0.15) is 0 Å².